The maximum absolute atomic E-state index is 15.3. The molecule has 1 saturated heterocycles. The molecular formula is C35H37F5N10OSi. The van der Waals surface area contributed by atoms with Crippen LogP contribution in [0.3, 0.4) is 0 Å². The van der Waals surface area contributed by atoms with E-state index in [4.69, 9.17) is 0 Å². The molecule has 1 saturated carbocycles. The molecule has 6 aromatic rings. The Morgan fingerprint density at radius 2 is 1.44 bits per heavy atom. The minimum absolute atomic E-state index is 0.00196. The Hall–Kier alpha value is -4.87. The smallest absolute Gasteiger partial charge is 0.249 e. The number of hydrogen-bond donors (Lipinski definition) is 4. The predicted molar refractivity (Wildman–Crippen MR) is 189 cm³/mol. The normalized spacial score (nSPS) is 17.4. The lowest BCUT2D eigenvalue weighted by Crippen LogP contribution is -2.57. The van der Waals surface area contributed by atoms with Crippen LogP contribution in [0.25, 0.3) is 44.8 Å². The average Bonchev–Trinajstić information content (AvgIpc) is 3.51. The molecule has 11 nitrogen and oxygen atoms in total. The number of nitrogens with zero attached hydrogens (tertiary/aromatic N) is 7. The Kier molecular flexibility index (Phi) is 8.86. The highest BCUT2D eigenvalue weighted by Gasteiger charge is 2.49. The third-order valence-corrected chi connectivity index (χ3v) is 15.9. The Morgan fingerprint density at radius 3 is 2.02 bits per heavy atom. The van der Waals surface area contributed by atoms with Crippen LogP contribution in [0.2, 0.25) is 18.1 Å². The van der Waals surface area contributed by atoms with Gasteiger partial charge in [-0.05, 0) is 42.1 Å². The van der Waals surface area contributed by atoms with Crippen molar-refractivity contribution >= 4 is 41.1 Å². The number of hydrogen-bond acceptors (Lipinski definition) is 9. The van der Waals surface area contributed by atoms with E-state index in [0.29, 0.717) is 47.4 Å². The van der Waals surface area contributed by atoms with Gasteiger partial charge in [-0.3, -0.25) is 10.2 Å². The Labute approximate surface area is 296 Å². The van der Waals surface area contributed by atoms with Crippen molar-refractivity contribution in [1.29, 1.82) is 0 Å². The first-order chi connectivity index (χ1) is 24.6. The van der Waals surface area contributed by atoms with Gasteiger partial charge in [0, 0.05) is 54.1 Å². The number of anilines is 1. The number of fused-ring (bicyclic) bond motifs is 2. The number of aromatic nitrogens is 8. The van der Waals surface area contributed by atoms with Crippen LogP contribution in [0, 0.1) is 29.2 Å². The van der Waals surface area contributed by atoms with Crippen LogP contribution in [-0.4, -0.2) is 84.8 Å². The largest absolute Gasteiger partial charge is 0.388 e. The van der Waals surface area contributed by atoms with Crippen molar-refractivity contribution in [3.8, 4) is 22.8 Å². The van der Waals surface area contributed by atoms with Gasteiger partial charge >= 0.3 is 0 Å². The highest BCUT2D eigenvalue weighted by Crippen LogP contribution is 2.40. The fourth-order valence-electron chi connectivity index (χ4n) is 6.30. The SMILES string of the molecule is CC(C)(C)[Si](C)(C)c1c(F)c(F)nc(-c2[nH]nc3ncccc23)c1F.OC1([C@@H]2CN(c3nc(-c4[nH]nc5ncccc45)c(F)cc3F)CCN2)CC1. The molecular weight excluding hydrogens is 700 g/mol. The molecule has 0 amide bonds. The summed E-state index contributed by atoms with van der Waals surface area (Å²) in [6.07, 6.45) is 4.60. The van der Waals surface area contributed by atoms with Crippen molar-refractivity contribution in [1.82, 2.24) is 45.6 Å². The summed E-state index contributed by atoms with van der Waals surface area (Å²) in [5, 5.41) is 27.6. The summed E-state index contributed by atoms with van der Waals surface area (Å²) in [5.41, 5.74) is 0.360. The number of piperazine rings is 1. The van der Waals surface area contributed by atoms with E-state index in [1.54, 1.807) is 41.6 Å². The molecule has 0 bridgehead atoms. The van der Waals surface area contributed by atoms with E-state index in [-0.39, 0.29) is 39.2 Å². The molecule has 272 valence electrons. The molecule has 17 heteroatoms. The Balaban J connectivity index is 0.000000162. The third kappa shape index (κ3) is 6.19. The molecule has 0 spiro atoms. The van der Waals surface area contributed by atoms with Crippen LogP contribution >= 0.6 is 0 Å². The molecule has 7 heterocycles. The van der Waals surface area contributed by atoms with Gasteiger partial charge in [0.05, 0.1) is 31.1 Å². The van der Waals surface area contributed by atoms with Gasteiger partial charge in [0.2, 0.25) is 5.95 Å². The van der Waals surface area contributed by atoms with Crippen molar-refractivity contribution in [3.63, 3.8) is 0 Å². The summed E-state index contributed by atoms with van der Waals surface area (Å²) in [5.74, 6) is -4.74. The number of aliphatic hydroxyl groups is 1. The molecule has 1 aliphatic heterocycles. The summed E-state index contributed by atoms with van der Waals surface area (Å²) in [7, 11) is -2.69. The summed E-state index contributed by atoms with van der Waals surface area (Å²) in [6.45, 7) is 10.9. The van der Waals surface area contributed by atoms with Crippen LogP contribution in [-0.2, 0) is 0 Å². The van der Waals surface area contributed by atoms with Crippen LogP contribution in [0.5, 0.6) is 0 Å². The van der Waals surface area contributed by atoms with Crippen LogP contribution in [0.1, 0.15) is 33.6 Å². The van der Waals surface area contributed by atoms with Crippen molar-refractivity contribution in [2.45, 2.75) is 63.4 Å². The first-order valence-electron chi connectivity index (χ1n) is 16.8. The second-order valence-corrected chi connectivity index (χ2v) is 20.0. The highest BCUT2D eigenvalue weighted by atomic mass is 28.3. The van der Waals surface area contributed by atoms with Crippen molar-refractivity contribution in [3.05, 3.63) is 71.9 Å². The Morgan fingerprint density at radius 1 is 0.846 bits per heavy atom. The maximum atomic E-state index is 15.3. The van der Waals surface area contributed by atoms with Gasteiger partial charge in [0.1, 0.15) is 11.4 Å². The molecule has 1 atom stereocenters. The minimum atomic E-state index is -2.69. The minimum Gasteiger partial charge on any atom is -0.388 e. The second kappa shape index (κ2) is 13.0. The first kappa shape index (κ1) is 35.5. The van der Waals surface area contributed by atoms with Gasteiger partial charge in [-0.15, -0.1) is 0 Å². The first-order valence-corrected chi connectivity index (χ1v) is 19.8. The summed E-state index contributed by atoms with van der Waals surface area (Å²) in [6, 6.07) is 7.51. The number of nitrogens with one attached hydrogen (secondary N) is 3. The highest BCUT2D eigenvalue weighted by molar-refractivity contribution is 6.92. The van der Waals surface area contributed by atoms with E-state index < -0.39 is 42.9 Å². The lowest BCUT2D eigenvalue weighted by atomic mass is 10.1. The zero-order chi connectivity index (χ0) is 37.2. The standard InChI is InChI=1S/C18H18F2N6O.C17H19F3N4Si/c19-11-8-12(20)17(26-7-6-21-13(9-26)18(27)3-4-18)23-15(11)14-10-2-1-5-22-16(10)25-24-14;1-17(2,3)25(4,5)14-10(18)13(22-15(20)11(14)19)12-9-7-6-8-21-16(9)24-23-12/h1-2,5,8,13,21,27H,3-4,6-7,9H2,(H,22,24,25);6-8H,1-5H3,(H,21,23,24)/t13-;/m0./s1. The quantitative estimate of drug-likeness (QED) is 0.0988. The average molecular weight is 737 g/mol. The van der Waals surface area contributed by atoms with Gasteiger partial charge in [-0.25, -0.2) is 37.5 Å². The molecule has 52 heavy (non-hydrogen) atoms. The lowest BCUT2D eigenvalue weighted by molar-refractivity contribution is 0.0994. The number of rotatable bonds is 5. The van der Waals surface area contributed by atoms with E-state index >= 15 is 4.39 Å². The van der Waals surface area contributed by atoms with Crippen LogP contribution < -0.4 is 15.4 Å². The molecule has 6 aromatic heterocycles. The van der Waals surface area contributed by atoms with Gasteiger partial charge in [0.25, 0.3) is 0 Å². The molecule has 0 aromatic carbocycles. The fourth-order valence-corrected chi connectivity index (χ4v) is 8.37. The molecule has 0 radical (unpaired) electrons. The predicted octanol–water partition coefficient (Wildman–Crippen LogP) is 5.75. The molecule has 1 aliphatic carbocycles. The molecule has 2 fully saturated rings. The monoisotopic (exact) mass is 736 g/mol. The zero-order valence-corrected chi connectivity index (χ0v) is 30.1. The maximum Gasteiger partial charge on any atom is 0.249 e. The van der Waals surface area contributed by atoms with E-state index in [0.717, 1.165) is 18.9 Å². The summed E-state index contributed by atoms with van der Waals surface area (Å²) in [4.78, 5) is 17.7. The molecule has 4 N–H and O–H groups in total. The van der Waals surface area contributed by atoms with Gasteiger partial charge < -0.3 is 15.3 Å². The van der Waals surface area contributed by atoms with Gasteiger partial charge in [-0.1, -0.05) is 33.9 Å². The van der Waals surface area contributed by atoms with E-state index in [1.807, 2.05) is 33.9 Å². The summed E-state index contributed by atoms with van der Waals surface area (Å²) < 4.78 is 73.2. The van der Waals surface area contributed by atoms with Crippen molar-refractivity contribution < 1.29 is 27.1 Å². The topological polar surface area (TPSA) is 144 Å². The molecule has 8 rings (SSSR count). The van der Waals surface area contributed by atoms with E-state index in [2.05, 4.69) is 45.6 Å². The van der Waals surface area contributed by atoms with E-state index in [9.17, 15) is 22.7 Å². The lowest BCUT2D eigenvalue weighted by Gasteiger charge is -2.37. The van der Waals surface area contributed by atoms with Crippen molar-refractivity contribution in [2.24, 2.45) is 0 Å². The van der Waals surface area contributed by atoms with E-state index in [1.165, 1.54) is 0 Å². The molecule has 0 unspecified atom stereocenters. The molecule has 2 aliphatic rings. The third-order valence-electron chi connectivity index (χ3n) is 10.5. The summed E-state index contributed by atoms with van der Waals surface area (Å²) >= 11 is 0. The number of aromatic amines is 2. The number of pyridine rings is 4. The zero-order valence-electron chi connectivity index (χ0n) is 29.1. The van der Waals surface area contributed by atoms with Crippen molar-refractivity contribution in [2.75, 3.05) is 24.5 Å². The fraction of sp³-hybridized carbons (Fsp3) is 0.371. The van der Waals surface area contributed by atoms with Crippen LogP contribution in [0.4, 0.5) is 27.8 Å². The van der Waals surface area contributed by atoms with Crippen LogP contribution in [0.15, 0.2) is 42.7 Å². The number of halogens is 5. The number of H-pyrrole nitrogens is 2. The van der Waals surface area contributed by atoms with Gasteiger partial charge in [0.15, 0.2) is 40.4 Å². The second-order valence-electron chi connectivity index (χ2n) is 14.8. The van der Waals surface area contributed by atoms with Gasteiger partial charge in [-0.2, -0.15) is 14.6 Å². The Bertz CT molecular complexity index is 2300.